The molecule has 0 amide bonds. The van der Waals surface area contributed by atoms with E-state index < -0.39 is 11.9 Å². The van der Waals surface area contributed by atoms with Gasteiger partial charge in [0.2, 0.25) is 0 Å². The zero-order chi connectivity index (χ0) is 18.3. The van der Waals surface area contributed by atoms with E-state index in [-0.39, 0.29) is 0 Å². The fourth-order valence-corrected chi connectivity index (χ4v) is 2.89. The number of hydrogen-bond donors (Lipinski definition) is 0. The molecule has 2 aromatic heterocycles. The maximum atomic E-state index is 11.4. The van der Waals surface area contributed by atoms with Crippen LogP contribution in [0.15, 0.2) is 57.8 Å². The molecule has 0 fully saturated rings. The van der Waals surface area contributed by atoms with Gasteiger partial charge < -0.3 is 18.3 Å². The minimum atomic E-state index is -0.410. The lowest BCUT2D eigenvalue weighted by molar-refractivity contribution is -0.132. The minimum absolute atomic E-state index is 0.398. The number of esters is 2. The maximum Gasteiger partial charge on any atom is 0.308 e. The summed E-state index contributed by atoms with van der Waals surface area (Å²) in [4.78, 5) is 22.5. The Balaban J connectivity index is 1.84. The van der Waals surface area contributed by atoms with E-state index in [9.17, 15) is 9.59 Å². The van der Waals surface area contributed by atoms with Gasteiger partial charge in [0.1, 0.15) is 22.7 Å². The van der Waals surface area contributed by atoms with E-state index in [1.807, 2.05) is 12.1 Å². The van der Waals surface area contributed by atoms with Gasteiger partial charge >= 0.3 is 11.9 Å². The molecule has 0 saturated carbocycles. The van der Waals surface area contributed by atoms with Gasteiger partial charge in [-0.2, -0.15) is 0 Å². The first-order chi connectivity index (χ1) is 12.5. The van der Waals surface area contributed by atoms with Crippen molar-refractivity contribution in [3.8, 4) is 22.6 Å². The third kappa shape index (κ3) is 2.82. The van der Waals surface area contributed by atoms with Crippen LogP contribution in [-0.4, -0.2) is 11.9 Å². The summed E-state index contributed by atoms with van der Waals surface area (Å²) in [5, 5.41) is 1.55. The lowest BCUT2D eigenvalue weighted by Gasteiger charge is -2.06. The van der Waals surface area contributed by atoms with Crippen molar-refractivity contribution in [2.24, 2.45) is 0 Å². The quantitative estimate of drug-likeness (QED) is 0.394. The molecule has 0 spiro atoms. The van der Waals surface area contributed by atoms with Crippen LogP contribution < -0.4 is 9.47 Å². The van der Waals surface area contributed by atoms with Crippen LogP contribution in [0.3, 0.4) is 0 Å². The molecule has 130 valence electrons. The number of carbonyl (C=O) groups excluding carboxylic acids is 2. The van der Waals surface area contributed by atoms with Crippen molar-refractivity contribution in [3.63, 3.8) is 0 Å². The van der Waals surface area contributed by atoms with Gasteiger partial charge in [0, 0.05) is 30.9 Å². The van der Waals surface area contributed by atoms with Gasteiger partial charge in [0.15, 0.2) is 0 Å². The molecule has 0 saturated heterocycles. The largest absolute Gasteiger partial charge is 0.464 e. The smallest absolute Gasteiger partial charge is 0.308 e. The number of ether oxygens (including phenoxy) is 2. The van der Waals surface area contributed by atoms with E-state index in [2.05, 4.69) is 0 Å². The average Bonchev–Trinajstić information content (AvgIpc) is 3.19. The van der Waals surface area contributed by atoms with Crippen LogP contribution in [0.4, 0.5) is 0 Å². The summed E-state index contributed by atoms with van der Waals surface area (Å²) >= 11 is 0. The zero-order valence-electron chi connectivity index (χ0n) is 14.1. The Kier molecular flexibility index (Phi) is 3.73. The van der Waals surface area contributed by atoms with Gasteiger partial charge in [-0.25, -0.2) is 0 Å². The molecule has 6 heteroatoms. The molecule has 4 aromatic rings. The first kappa shape index (κ1) is 16.0. The second-order valence-electron chi connectivity index (χ2n) is 5.80. The zero-order valence-corrected chi connectivity index (χ0v) is 14.1. The summed E-state index contributed by atoms with van der Waals surface area (Å²) in [6.07, 6.45) is 3.14. The van der Waals surface area contributed by atoms with E-state index in [1.165, 1.54) is 13.8 Å². The molecule has 0 N–H and O–H groups in total. The summed E-state index contributed by atoms with van der Waals surface area (Å²) in [5.74, 6) is 0.0239. The molecule has 0 aliphatic carbocycles. The van der Waals surface area contributed by atoms with Crippen molar-refractivity contribution in [2.45, 2.75) is 13.8 Å². The van der Waals surface area contributed by atoms with Gasteiger partial charge in [-0.3, -0.25) is 9.59 Å². The fraction of sp³-hybridized carbons (Fsp3) is 0.100. The third-order valence-corrected chi connectivity index (χ3v) is 3.91. The van der Waals surface area contributed by atoms with E-state index in [4.69, 9.17) is 18.3 Å². The average molecular weight is 350 g/mol. The molecule has 0 unspecified atom stereocenters. The number of fused-ring (bicyclic) bond motifs is 2. The topological polar surface area (TPSA) is 78.9 Å². The Morgan fingerprint density at radius 2 is 1.62 bits per heavy atom. The van der Waals surface area contributed by atoms with Crippen LogP contribution in [0, 0.1) is 0 Å². The molecule has 6 nitrogen and oxygen atoms in total. The highest BCUT2D eigenvalue weighted by atomic mass is 16.5. The Bertz CT molecular complexity index is 1150. The van der Waals surface area contributed by atoms with Crippen molar-refractivity contribution in [3.05, 3.63) is 48.9 Å². The lowest BCUT2D eigenvalue weighted by Crippen LogP contribution is -2.01. The first-order valence-corrected chi connectivity index (χ1v) is 7.91. The predicted octanol–water partition coefficient (Wildman–Crippen LogP) is 4.70. The number of furan rings is 2. The summed E-state index contributed by atoms with van der Waals surface area (Å²) in [6, 6.07) is 10.5. The van der Waals surface area contributed by atoms with Crippen LogP contribution >= 0.6 is 0 Å². The molecule has 0 atom stereocenters. The molecule has 0 aliphatic heterocycles. The van der Waals surface area contributed by atoms with Crippen LogP contribution in [0.5, 0.6) is 11.5 Å². The van der Waals surface area contributed by atoms with Gasteiger partial charge in [-0.1, -0.05) is 0 Å². The molecule has 2 heterocycles. The van der Waals surface area contributed by atoms with E-state index >= 15 is 0 Å². The van der Waals surface area contributed by atoms with Gasteiger partial charge in [-0.05, 0) is 35.9 Å². The van der Waals surface area contributed by atoms with E-state index in [1.54, 1.807) is 36.8 Å². The highest BCUT2D eigenvalue weighted by Crippen LogP contribution is 2.38. The Morgan fingerprint density at radius 3 is 2.38 bits per heavy atom. The van der Waals surface area contributed by atoms with Gasteiger partial charge in [0.25, 0.3) is 0 Å². The fourth-order valence-electron chi connectivity index (χ4n) is 2.89. The van der Waals surface area contributed by atoms with E-state index in [0.29, 0.717) is 28.1 Å². The summed E-state index contributed by atoms with van der Waals surface area (Å²) in [5.41, 5.74) is 2.76. The van der Waals surface area contributed by atoms with Crippen LogP contribution in [0.1, 0.15) is 13.8 Å². The molecule has 26 heavy (non-hydrogen) atoms. The second-order valence-corrected chi connectivity index (χ2v) is 5.80. The van der Waals surface area contributed by atoms with Crippen LogP contribution in [0.2, 0.25) is 0 Å². The SMILES string of the molecule is CC(=O)Oc1ccc2c(-c3cc(OC(C)=O)c4ccoc4c3)coc2c1. The minimum Gasteiger partial charge on any atom is -0.464 e. The summed E-state index contributed by atoms with van der Waals surface area (Å²) < 4.78 is 21.5. The molecule has 0 bridgehead atoms. The normalized spacial score (nSPS) is 11.0. The number of hydrogen-bond acceptors (Lipinski definition) is 6. The second kappa shape index (κ2) is 6.07. The molecule has 4 rings (SSSR count). The molecule has 0 aliphatic rings. The predicted molar refractivity (Wildman–Crippen MR) is 94.0 cm³/mol. The Hall–Kier alpha value is -3.54. The van der Waals surface area contributed by atoms with Gasteiger partial charge in [-0.15, -0.1) is 0 Å². The Labute approximate surface area is 147 Å². The van der Waals surface area contributed by atoms with Crippen molar-refractivity contribution < 1.29 is 27.9 Å². The molecular weight excluding hydrogens is 336 g/mol. The molecule has 2 aromatic carbocycles. The number of rotatable bonds is 3. The maximum absolute atomic E-state index is 11.4. The molecule has 0 radical (unpaired) electrons. The van der Waals surface area contributed by atoms with Gasteiger partial charge in [0.05, 0.1) is 17.9 Å². The van der Waals surface area contributed by atoms with Crippen LogP contribution in [0.25, 0.3) is 33.1 Å². The summed E-state index contributed by atoms with van der Waals surface area (Å²) in [7, 11) is 0. The van der Waals surface area contributed by atoms with Crippen molar-refractivity contribution in [1.29, 1.82) is 0 Å². The van der Waals surface area contributed by atoms with Crippen molar-refractivity contribution >= 4 is 33.9 Å². The first-order valence-electron chi connectivity index (χ1n) is 7.91. The number of carbonyl (C=O) groups is 2. The third-order valence-electron chi connectivity index (χ3n) is 3.91. The van der Waals surface area contributed by atoms with Crippen molar-refractivity contribution in [1.82, 2.24) is 0 Å². The van der Waals surface area contributed by atoms with Crippen molar-refractivity contribution in [2.75, 3.05) is 0 Å². The highest BCUT2D eigenvalue weighted by molar-refractivity contribution is 5.98. The highest BCUT2D eigenvalue weighted by Gasteiger charge is 2.15. The monoisotopic (exact) mass is 350 g/mol. The summed E-state index contributed by atoms with van der Waals surface area (Å²) in [6.45, 7) is 2.69. The Morgan fingerprint density at radius 1 is 0.846 bits per heavy atom. The van der Waals surface area contributed by atoms with Crippen LogP contribution in [-0.2, 0) is 9.59 Å². The number of benzene rings is 2. The van der Waals surface area contributed by atoms with E-state index in [0.717, 1.165) is 16.5 Å². The molecular formula is C20H14O6. The lowest BCUT2D eigenvalue weighted by atomic mass is 10.0. The standard InChI is InChI=1S/C20H14O6/c1-11(21)25-14-3-4-15-17(10-24-19(15)9-14)13-7-18-16(5-6-23-18)20(8-13)26-12(2)22/h3-10H,1-2H3.